The largest absolute Gasteiger partial charge is 0.342 e. The number of carbonyl (C=O) groups is 1. The average molecular weight is 468 g/mol. The molecule has 2 aromatic heterocycles. The standard InChI is InChI=1S/C19H26BrN5O2S/c20-15-11-16(28-14-15)19-21-17(27-22-19)12-23-7-9-24(10-8-23)13-18(26)25-5-3-1-2-4-6-25/h11,14H,1-10,12-13H2. The van der Waals surface area contributed by atoms with Gasteiger partial charge in [-0.15, -0.1) is 11.3 Å². The molecule has 0 unspecified atom stereocenters. The van der Waals surface area contributed by atoms with E-state index < -0.39 is 0 Å². The molecule has 4 heterocycles. The quantitative estimate of drug-likeness (QED) is 0.672. The van der Waals surface area contributed by atoms with Crippen molar-refractivity contribution in [3.63, 3.8) is 0 Å². The molecule has 1 amide bonds. The minimum atomic E-state index is 0.291. The Labute approximate surface area is 177 Å². The van der Waals surface area contributed by atoms with Crippen LogP contribution >= 0.6 is 27.3 Å². The normalized spacial score (nSPS) is 19.7. The van der Waals surface area contributed by atoms with Crippen molar-refractivity contribution in [2.45, 2.75) is 32.2 Å². The van der Waals surface area contributed by atoms with E-state index in [0.29, 0.717) is 30.7 Å². The summed E-state index contributed by atoms with van der Waals surface area (Å²) in [7, 11) is 0. The zero-order valence-electron chi connectivity index (χ0n) is 16.0. The molecule has 0 bridgehead atoms. The number of likely N-dealkylation sites (tertiary alicyclic amines) is 1. The van der Waals surface area contributed by atoms with Crippen molar-refractivity contribution in [3.05, 3.63) is 21.8 Å². The molecule has 0 atom stereocenters. The van der Waals surface area contributed by atoms with Gasteiger partial charge in [-0.2, -0.15) is 4.98 Å². The van der Waals surface area contributed by atoms with Gasteiger partial charge in [-0.3, -0.25) is 14.6 Å². The molecule has 9 heteroatoms. The Morgan fingerprint density at radius 2 is 1.79 bits per heavy atom. The predicted molar refractivity (Wildman–Crippen MR) is 112 cm³/mol. The molecule has 0 aromatic carbocycles. The van der Waals surface area contributed by atoms with E-state index in [-0.39, 0.29) is 0 Å². The van der Waals surface area contributed by atoms with Crippen LogP contribution in [-0.4, -0.2) is 76.6 Å². The first-order chi connectivity index (χ1) is 13.7. The van der Waals surface area contributed by atoms with E-state index in [1.54, 1.807) is 11.3 Å². The van der Waals surface area contributed by atoms with Gasteiger partial charge >= 0.3 is 0 Å². The summed E-state index contributed by atoms with van der Waals surface area (Å²) in [6.45, 7) is 6.69. The lowest BCUT2D eigenvalue weighted by Crippen LogP contribution is -2.49. The summed E-state index contributed by atoms with van der Waals surface area (Å²) in [5.74, 6) is 1.58. The van der Waals surface area contributed by atoms with Gasteiger partial charge in [-0.05, 0) is 34.8 Å². The van der Waals surface area contributed by atoms with Crippen LogP contribution < -0.4 is 0 Å². The van der Waals surface area contributed by atoms with E-state index in [9.17, 15) is 4.79 Å². The summed E-state index contributed by atoms with van der Waals surface area (Å²) in [5.41, 5.74) is 0. The molecule has 0 saturated carbocycles. The third-order valence-corrected chi connectivity index (χ3v) is 7.08. The van der Waals surface area contributed by atoms with Crippen LogP contribution in [0.2, 0.25) is 0 Å². The number of piperazine rings is 1. The smallest absolute Gasteiger partial charge is 0.241 e. The number of rotatable bonds is 5. The van der Waals surface area contributed by atoms with E-state index in [4.69, 9.17) is 4.52 Å². The van der Waals surface area contributed by atoms with E-state index in [2.05, 4.69) is 40.8 Å². The number of carbonyl (C=O) groups excluding carboxylic acids is 1. The highest BCUT2D eigenvalue weighted by atomic mass is 79.9. The van der Waals surface area contributed by atoms with Gasteiger partial charge in [0, 0.05) is 49.1 Å². The molecular weight excluding hydrogens is 442 g/mol. The van der Waals surface area contributed by atoms with Gasteiger partial charge in [0.25, 0.3) is 0 Å². The fourth-order valence-corrected chi connectivity index (χ4v) is 5.11. The number of hydrogen-bond donors (Lipinski definition) is 0. The maximum Gasteiger partial charge on any atom is 0.241 e. The Bertz CT molecular complexity index is 779. The number of aromatic nitrogens is 2. The number of thiophene rings is 1. The molecule has 0 aliphatic carbocycles. The first kappa shape index (κ1) is 20.0. The lowest BCUT2D eigenvalue weighted by Gasteiger charge is -2.34. The molecule has 28 heavy (non-hydrogen) atoms. The summed E-state index contributed by atoms with van der Waals surface area (Å²) in [6.07, 6.45) is 4.80. The van der Waals surface area contributed by atoms with Crippen LogP contribution in [0.25, 0.3) is 10.7 Å². The number of halogens is 1. The number of nitrogens with zero attached hydrogens (tertiary/aromatic N) is 5. The lowest BCUT2D eigenvalue weighted by molar-refractivity contribution is -0.132. The van der Waals surface area contributed by atoms with Gasteiger partial charge < -0.3 is 9.42 Å². The Morgan fingerprint density at radius 1 is 1.07 bits per heavy atom. The van der Waals surface area contributed by atoms with Gasteiger partial charge in [-0.25, -0.2) is 0 Å². The Morgan fingerprint density at radius 3 is 2.46 bits per heavy atom. The van der Waals surface area contributed by atoms with Crippen molar-refractivity contribution in [1.29, 1.82) is 0 Å². The summed E-state index contributed by atoms with van der Waals surface area (Å²) >= 11 is 5.04. The maximum absolute atomic E-state index is 12.6. The van der Waals surface area contributed by atoms with E-state index >= 15 is 0 Å². The average Bonchev–Trinajstić information content (AvgIpc) is 3.24. The Balaban J connectivity index is 1.23. The summed E-state index contributed by atoms with van der Waals surface area (Å²) in [6, 6.07) is 2.00. The highest BCUT2D eigenvalue weighted by molar-refractivity contribution is 9.10. The third kappa shape index (κ3) is 5.20. The van der Waals surface area contributed by atoms with Crippen molar-refractivity contribution in [1.82, 2.24) is 24.8 Å². The van der Waals surface area contributed by atoms with Crippen LogP contribution in [0.3, 0.4) is 0 Å². The van der Waals surface area contributed by atoms with Gasteiger partial charge in [0.05, 0.1) is 18.0 Å². The van der Waals surface area contributed by atoms with Crippen molar-refractivity contribution in [3.8, 4) is 10.7 Å². The van der Waals surface area contributed by atoms with Crippen LogP contribution in [-0.2, 0) is 11.3 Å². The fourth-order valence-electron chi connectivity index (χ4n) is 3.76. The topological polar surface area (TPSA) is 65.7 Å². The van der Waals surface area contributed by atoms with Crippen molar-refractivity contribution >= 4 is 33.2 Å². The summed E-state index contributed by atoms with van der Waals surface area (Å²) in [5, 5.41) is 6.11. The lowest BCUT2D eigenvalue weighted by atomic mass is 10.2. The second-order valence-corrected chi connectivity index (χ2v) is 9.32. The van der Waals surface area contributed by atoms with Crippen molar-refractivity contribution in [2.75, 3.05) is 45.8 Å². The maximum atomic E-state index is 12.6. The molecule has 4 rings (SSSR count). The molecule has 0 spiro atoms. The molecule has 0 radical (unpaired) electrons. The van der Waals surface area contributed by atoms with Crippen molar-refractivity contribution in [2.24, 2.45) is 0 Å². The number of hydrogen-bond acceptors (Lipinski definition) is 7. The molecular formula is C19H26BrN5O2S. The van der Waals surface area contributed by atoms with Crippen LogP contribution in [0.15, 0.2) is 20.4 Å². The van der Waals surface area contributed by atoms with Gasteiger partial charge in [-0.1, -0.05) is 18.0 Å². The molecule has 152 valence electrons. The fraction of sp³-hybridized carbons (Fsp3) is 0.632. The SMILES string of the molecule is O=C(CN1CCN(Cc2nc(-c3cc(Br)cs3)no2)CC1)N1CCCCCC1. The predicted octanol–water partition coefficient (Wildman–Crippen LogP) is 3.08. The van der Waals surface area contributed by atoms with E-state index in [0.717, 1.165) is 61.5 Å². The summed E-state index contributed by atoms with van der Waals surface area (Å²) in [4.78, 5) is 24.7. The minimum Gasteiger partial charge on any atom is -0.342 e. The molecule has 0 N–H and O–H groups in total. The molecule has 7 nitrogen and oxygen atoms in total. The van der Waals surface area contributed by atoms with Crippen LogP contribution in [0.1, 0.15) is 31.6 Å². The van der Waals surface area contributed by atoms with Crippen LogP contribution in [0.5, 0.6) is 0 Å². The van der Waals surface area contributed by atoms with Gasteiger partial charge in [0.2, 0.25) is 17.6 Å². The highest BCUT2D eigenvalue weighted by Gasteiger charge is 2.23. The van der Waals surface area contributed by atoms with Crippen molar-refractivity contribution < 1.29 is 9.32 Å². The molecule has 2 fully saturated rings. The first-order valence-electron chi connectivity index (χ1n) is 9.97. The molecule has 2 saturated heterocycles. The number of amides is 1. The zero-order valence-corrected chi connectivity index (χ0v) is 18.4. The van der Waals surface area contributed by atoms with Gasteiger partial charge in [0.15, 0.2) is 0 Å². The Hall–Kier alpha value is -1.29. The van der Waals surface area contributed by atoms with Gasteiger partial charge in [0.1, 0.15) is 0 Å². The Kier molecular flexibility index (Phi) is 6.77. The molecule has 2 aliphatic rings. The second-order valence-electron chi connectivity index (χ2n) is 7.49. The van der Waals surface area contributed by atoms with E-state index in [1.165, 1.54) is 12.8 Å². The monoisotopic (exact) mass is 467 g/mol. The first-order valence-corrected chi connectivity index (χ1v) is 11.6. The van der Waals surface area contributed by atoms with E-state index in [1.807, 2.05) is 11.4 Å². The van der Waals surface area contributed by atoms with Crippen LogP contribution in [0.4, 0.5) is 0 Å². The minimum absolute atomic E-state index is 0.291. The highest BCUT2D eigenvalue weighted by Crippen LogP contribution is 2.27. The van der Waals surface area contributed by atoms with Crippen LogP contribution in [0, 0.1) is 0 Å². The summed E-state index contributed by atoms with van der Waals surface area (Å²) < 4.78 is 6.46. The zero-order chi connectivity index (χ0) is 19.3. The second kappa shape index (κ2) is 9.47. The third-order valence-electron chi connectivity index (χ3n) is 5.40. The molecule has 2 aromatic rings. The molecule has 2 aliphatic heterocycles.